The molecule has 2 N–H and O–H groups in total. The molecule has 0 heterocycles. The van der Waals surface area contributed by atoms with Gasteiger partial charge in [0.1, 0.15) is 5.75 Å². The van der Waals surface area contributed by atoms with Crippen molar-refractivity contribution in [3.05, 3.63) is 59.1 Å². The van der Waals surface area contributed by atoms with E-state index >= 15 is 0 Å². The third-order valence-corrected chi connectivity index (χ3v) is 3.01. The molecule has 0 bridgehead atoms. The lowest BCUT2D eigenvalue weighted by Crippen LogP contribution is -2.15. The van der Waals surface area contributed by atoms with E-state index in [4.69, 9.17) is 22.1 Å². The van der Waals surface area contributed by atoms with Crippen molar-refractivity contribution < 1.29 is 4.74 Å². The molecule has 2 aromatic rings. The van der Waals surface area contributed by atoms with Crippen LogP contribution in [0.4, 0.5) is 5.69 Å². The molecule has 0 fully saturated rings. The summed E-state index contributed by atoms with van der Waals surface area (Å²) in [4.78, 5) is 0. The normalized spacial score (nSPS) is 12.1. The number of hydrogen-bond acceptors (Lipinski definition) is 2. The quantitative estimate of drug-likeness (QED) is 0.847. The molecule has 0 aliphatic rings. The molecule has 18 heavy (non-hydrogen) atoms. The Bertz CT molecular complexity index is 513. The zero-order valence-electron chi connectivity index (χ0n) is 10.3. The van der Waals surface area contributed by atoms with E-state index in [-0.39, 0.29) is 6.10 Å². The van der Waals surface area contributed by atoms with Crippen molar-refractivity contribution in [2.75, 3.05) is 5.73 Å². The molecule has 2 rings (SSSR count). The lowest BCUT2D eigenvalue weighted by atomic mass is 10.1. The average molecular weight is 262 g/mol. The first-order valence-electron chi connectivity index (χ1n) is 5.91. The van der Waals surface area contributed by atoms with E-state index in [2.05, 4.69) is 12.1 Å². The average Bonchev–Trinajstić information content (AvgIpc) is 2.35. The Morgan fingerprint density at radius 1 is 1.17 bits per heavy atom. The number of halogens is 1. The highest BCUT2D eigenvalue weighted by Gasteiger charge is 2.06. The van der Waals surface area contributed by atoms with Crippen LogP contribution in [0.1, 0.15) is 12.5 Å². The van der Waals surface area contributed by atoms with Gasteiger partial charge in [-0.25, -0.2) is 0 Å². The number of rotatable bonds is 4. The van der Waals surface area contributed by atoms with Crippen LogP contribution in [0.2, 0.25) is 5.02 Å². The van der Waals surface area contributed by atoms with E-state index in [1.54, 1.807) is 12.1 Å². The highest BCUT2D eigenvalue weighted by Crippen LogP contribution is 2.24. The van der Waals surface area contributed by atoms with Gasteiger partial charge in [0, 0.05) is 12.5 Å². The molecule has 2 aromatic carbocycles. The van der Waals surface area contributed by atoms with Gasteiger partial charge in [-0.1, -0.05) is 41.9 Å². The lowest BCUT2D eigenvalue weighted by Gasteiger charge is -2.15. The molecule has 0 aliphatic carbocycles. The molecular formula is C15H16ClNO. The van der Waals surface area contributed by atoms with Gasteiger partial charge in [0.25, 0.3) is 0 Å². The summed E-state index contributed by atoms with van der Waals surface area (Å²) in [7, 11) is 0. The fourth-order valence-electron chi connectivity index (χ4n) is 1.82. The molecule has 0 amide bonds. The van der Waals surface area contributed by atoms with Gasteiger partial charge < -0.3 is 10.5 Å². The SMILES string of the molecule is CC(Cc1ccccc1)Oc1ccc(Cl)c(N)c1. The van der Waals surface area contributed by atoms with E-state index < -0.39 is 0 Å². The highest BCUT2D eigenvalue weighted by atomic mass is 35.5. The van der Waals surface area contributed by atoms with Gasteiger partial charge in [-0.3, -0.25) is 0 Å². The van der Waals surface area contributed by atoms with Crippen LogP contribution in [-0.2, 0) is 6.42 Å². The van der Waals surface area contributed by atoms with Crippen molar-refractivity contribution in [3.63, 3.8) is 0 Å². The van der Waals surface area contributed by atoms with Gasteiger partial charge >= 0.3 is 0 Å². The maximum Gasteiger partial charge on any atom is 0.121 e. The first-order chi connectivity index (χ1) is 8.65. The van der Waals surface area contributed by atoms with Crippen LogP contribution in [0.25, 0.3) is 0 Å². The minimum Gasteiger partial charge on any atom is -0.490 e. The number of ether oxygens (including phenoxy) is 1. The predicted molar refractivity (Wildman–Crippen MR) is 76.1 cm³/mol. The third-order valence-electron chi connectivity index (χ3n) is 2.67. The summed E-state index contributed by atoms with van der Waals surface area (Å²) in [5.74, 6) is 0.750. The number of nitrogens with two attached hydrogens (primary N) is 1. The van der Waals surface area contributed by atoms with E-state index in [1.165, 1.54) is 5.56 Å². The van der Waals surface area contributed by atoms with E-state index in [9.17, 15) is 0 Å². The van der Waals surface area contributed by atoms with Gasteiger partial charge in [0.2, 0.25) is 0 Å². The summed E-state index contributed by atoms with van der Waals surface area (Å²) >= 11 is 5.87. The molecule has 3 heteroatoms. The van der Waals surface area contributed by atoms with Gasteiger partial charge in [-0.2, -0.15) is 0 Å². The van der Waals surface area contributed by atoms with Gasteiger partial charge in [0.05, 0.1) is 16.8 Å². The van der Waals surface area contributed by atoms with Gasteiger partial charge in [-0.15, -0.1) is 0 Å². The lowest BCUT2D eigenvalue weighted by molar-refractivity contribution is 0.222. The smallest absolute Gasteiger partial charge is 0.121 e. The Labute approximate surface area is 112 Å². The molecule has 2 nitrogen and oxygen atoms in total. The second kappa shape index (κ2) is 5.78. The van der Waals surface area contributed by atoms with E-state index in [1.807, 2.05) is 31.2 Å². The summed E-state index contributed by atoms with van der Waals surface area (Å²) in [5, 5.41) is 0.554. The summed E-state index contributed by atoms with van der Waals surface area (Å²) in [5.41, 5.74) is 7.54. The molecule has 0 saturated carbocycles. The van der Waals surface area contributed by atoms with Crippen LogP contribution >= 0.6 is 11.6 Å². The first-order valence-corrected chi connectivity index (χ1v) is 6.28. The van der Waals surface area contributed by atoms with Gasteiger partial charge in [0.15, 0.2) is 0 Å². The second-order valence-corrected chi connectivity index (χ2v) is 4.71. The zero-order valence-corrected chi connectivity index (χ0v) is 11.0. The van der Waals surface area contributed by atoms with Crippen molar-refractivity contribution in [3.8, 4) is 5.75 Å². The Kier molecular flexibility index (Phi) is 4.11. The number of anilines is 1. The van der Waals surface area contributed by atoms with Crippen LogP contribution in [0.5, 0.6) is 5.75 Å². The van der Waals surface area contributed by atoms with Crippen LogP contribution < -0.4 is 10.5 Å². The minimum absolute atomic E-state index is 0.0907. The molecule has 0 radical (unpaired) electrons. The molecule has 1 unspecified atom stereocenters. The van der Waals surface area contributed by atoms with Crippen molar-refractivity contribution in [2.45, 2.75) is 19.4 Å². The molecule has 94 valence electrons. The molecule has 0 saturated heterocycles. The summed E-state index contributed by atoms with van der Waals surface area (Å²) in [6, 6.07) is 15.6. The number of nitrogen functional groups attached to an aromatic ring is 1. The largest absolute Gasteiger partial charge is 0.490 e. The maximum atomic E-state index is 5.87. The monoisotopic (exact) mass is 261 g/mol. The molecule has 1 atom stereocenters. The molecule has 0 spiro atoms. The van der Waals surface area contributed by atoms with Crippen molar-refractivity contribution in [1.82, 2.24) is 0 Å². The van der Waals surface area contributed by atoms with Crippen LogP contribution in [0.3, 0.4) is 0 Å². The standard InChI is InChI=1S/C15H16ClNO/c1-11(9-12-5-3-2-4-6-12)18-13-7-8-14(16)15(17)10-13/h2-8,10-11H,9,17H2,1H3. The van der Waals surface area contributed by atoms with Crippen LogP contribution in [0, 0.1) is 0 Å². The van der Waals surface area contributed by atoms with Crippen LogP contribution in [-0.4, -0.2) is 6.10 Å². The van der Waals surface area contributed by atoms with Crippen molar-refractivity contribution in [1.29, 1.82) is 0 Å². The van der Waals surface area contributed by atoms with E-state index in [0.29, 0.717) is 10.7 Å². The maximum absolute atomic E-state index is 5.87. The molecule has 0 aliphatic heterocycles. The first kappa shape index (κ1) is 12.8. The number of benzene rings is 2. The topological polar surface area (TPSA) is 35.2 Å². The van der Waals surface area contributed by atoms with Crippen LogP contribution in [0.15, 0.2) is 48.5 Å². The Morgan fingerprint density at radius 3 is 2.56 bits per heavy atom. The molecular weight excluding hydrogens is 246 g/mol. The minimum atomic E-state index is 0.0907. The Hall–Kier alpha value is -1.67. The summed E-state index contributed by atoms with van der Waals surface area (Å²) in [6.07, 6.45) is 0.955. The van der Waals surface area contributed by atoms with Crippen molar-refractivity contribution in [2.24, 2.45) is 0 Å². The fraction of sp³-hybridized carbons (Fsp3) is 0.200. The Morgan fingerprint density at radius 2 is 1.89 bits per heavy atom. The summed E-state index contributed by atoms with van der Waals surface area (Å²) < 4.78 is 5.82. The van der Waals surface area contributed by atoms with E-state index in [0.717, 1.165) is 12.2 Å². The Balaban J connectivity index is 1.99. The van der Waals surface area contributed by atoms with Gasteiger partial charge in [-0.05, 0) is 24.6 Å². The third kappa shape index (κ3) is 3.41. The van der Waals surface area contributed by atoms with Crippen molar-refractivity contribution >= 4 is 17.3 Å². The summed E-state index contributed by atoms with van der Waals surface area (Å²) in [6.45, 7) is 2.04. The number of hydrogen-bond donors (Lipinski definition) is 1. The fourth-order valence-corrected chi connectivity index (χ4v) is 1.93. The zero-order chi connectivity index (χ0) is 13.0. The highest BCUT2D eigenvalue weighted by molar-refractivity contribution is 6.33. The molecule has 0 aromatic heterocycles. The predicted octanol–water partition coefficient (Wildman–Crippen LogP) is 3.93. The second-order valence-electron chi connectivity index (χ2n) is 4.30.